The van der Waals surface area contributed by atoms with Crippen LogP contribution < -0.4 is 0 Å². The Hall–Kier alpha value is -0.330. The molecule has 0 unspecified atom stereocenters. The number of alkyl halides is 2. The van der Waals surface area contributed by atoms with E-state index in [4.69, 9.17) is 0 Å². The molecule has 12 heavy (non-hydrogen) atoms. The lowest BCUT2D eigenvalue weighted by molar-refractivity contribution is 0.149. The predicted molar refractivity (Wildman–Crippen MR) is 46.6 cm³/mol. The monoisotopic (exact) mass is 287 g/mol. The summed E-state index contributed by atoms with van der Waals surface area (Å²) >= 11 is 1.66. The van der Waals surface area contributed by atoms with Crippen LogP contribution in [0.3, 0.4) is 0 Å². The third kappa shape index (κ3) is 1.88. The highest BCUT2D eigenvalue weighted by Gasteiger charge is 2.14. The molecule has 1 aromatic rings. The molecule has 1 rings (SSSR count). The van der Waals surface area contributed by atoms with Crippen LogP contribution >= 0.6 is 22.6 Å². The first-order valence-electron chi connectivity index (χ1n) is 3.13. The lowest BCUT2D eigenvalue weighted by atomic mass is 10.2. The fourth-order valence-electron chi connectivity index (χ4n) is 0.719. The summed E-state index contributed by atoms with van der Waals surface area (Å²) in [7, 11) is 0. The standard InChI is InChI=1S/C7H5F3IN/c1-3-5(8)2-4(6(9)10)7(11)12-3/h2,6H,1H3. The van der Waals surface area contributed by atoms with Crippen LogP contribution in [0.15, 0.2) is 6.07 Å². The van der Waals surface area contributed by atoms with E-state index in [0.29, 0.717) is 0 Å². The van der Waals surface area contributed by atoms with E-state index in [2.05, 4.69) is 4.98 Å². The van der Waals surface area contributed by atoms with Crippen molar-refractivity contribution in [3.63, 3.8) is 0 Å². The average Bonchev–Trinajstić information content (AvgIpc) is 1.96. The first-order valence-corrected chi connectivity index (χ1v) is 4.21. The molecule has 0 aliphatic rings. The van der Waals surface area contributed by atoms with Crippen LogP contribution in [-0.4, -0.2) is 4.98 Å². The van der Waals surface area contributed by atoms with Gasteiger partial charge in [-0.1, -0.05) is 0 Å². The van der Waals surface area contributed by atoms with Crippen LogP contribution in [-0.2, 0) is 0 Å². The van der Waals surface area contributed by atoms with E-state index in [1.807, 2.05) is 0 Å². The van der Waals surface area contributed by atoms with Gasteiger partial charge in [0.15, 0.2) is 0 Å². The molecule has 0 fully saturated rings. The fourth-order valence-corrected chi connectivity index (χ4v) is 1.47. The summed E-state index contributed by atoms with van der Waals surface area (Å²) in [5, 5.41) is 0. The van der Waals surface area contributed by atoms with E-state index in [1.165, 1.54) is 6.92 Å². The van der Waals surface area contributed by atoms with Crippen molar-refractivity contribution >= 4 is 22.6 Å². The Bertz CT molecular complexity index is 301. The van der Waals surface area contributed by atoms with Gasteiger partial charge in [-0.15, -0.1) is 0 Å². The Balaban J connectivity index is 3.23. The minimum atomic E-state index is -2.67. The van der Waals surface area contributed by atoms with Gasteiger partial charge in [0, 0.05) is 0 Å². The van der Waals surface area contributed by atoms with E-state index in [0.717, 1.165) is 6.07 Å². The lowest BCUT2D eigenvalue weighted by Crippen LogP contribution is -1.98. The zero-order chi connectivity index (χ0) is 9.30. The maximum absolute atomic E-state index is 12.7. The molecule has 0 spiro atoms. The number of hydrogen-bond donors (Lipinski definition) is 0. The molecular weight excluding hydrogens is 282 g/mol. The molecule has 66 valence electrons. The minimum absolute atomic E-state index is 0.142. The molecular formula is C7H5F3IN. The van der Waals surface area contributed by atoms with E-state index in [1.54, 1.807) is 22.6 Å². The zero-order valence-electron chi connectivity index (χ0n) is 6.11. The smallest absolute Gasteiger partial charge is 0.244 e. The molecule has 0 amide bonds. The summed E-state index contributed by atoms with van der Waals surface area (Å²) in [5.74, 6) is -0.689. The van der Waals surface area contributed by atoms with E-state index in [9.17, 15) is 13.2 Å². The number of aromatic nitrogens is 1. The number of aryl methyl sites for hydroxylation is 1. The van der Waals surface area contributed by atoms with E-state index >= 15 is 0 Å². The zero-order valence-corrected chi connectivity index (χ0v) is 8.27. The Morgan fingerprint density at radius 1 is 1.50 bits per heavy atom. The highest BCUT2D eigenvalue weighted by Crippen LogP contribution is 2.24. The SMILES string of the molecule is Cc1nc(I)c(C(F)F)cc1F. The van der Waals surface area contributed by atoms with Gasteiger partial charge in [0.25, 0.3) is 6.43 Å². The van der Waals surface area contributed by atoms with Gasteiger partial charge in [-0.2, -0.15) is 0 Å². The van der Waals surface area contributed by atoms with Crippen molar-refractivity contribution in [1.29, 1.82) is 0 Å². The number of pyridine rings is 1. The van der Waals surface area contributed by atoms with Crippen LogP contribution in [0.5, 0.6) is 0 Å². The average molecular weight is 287 g/mol. The van der Waals surface area contributed by atoms with Crippen LogP contribution in [0, 0.1) is 16.4 Å². The molecule has 0 aliphatic heterocycles. The Morgan fingerprint density at radius 3 is 2.58 bits per heavy atom. The van der Waals surface area contributed by atoms with Crippen molar-refractivity contribution in [3.05, 3.63) is 26.8 Å². The Kier molecular flexibility index (Phi) is 2.92. The maximum atomic E-state index is 12.7. The summed E-state index contributed by atoms with van der Waals surface area (Å²) in [4.78, 5) is 3.63. The third-order valence-corrected chi connectivity index (χ3v) is 2.23. The summed E-state index contributed by atoms with van der Waals surface area (Å²) in [6, 6.07) is 0.828. The fraction of sp³-hybridized carbons (Fsp3) is 0.286. The molecule has 0 saturated carbocycles. The molecule has 1 aromatic heterocycles. The largest absolute Gasteiger partial charge is 0.266 e. The van der Waals surface area contributed by atoms with Gasteiger partial charge in [-0.25, -0.2) is 18.2 Å². The second kappa shape index (κ2) is 3.59. The van der Waals surface area contributed by atoms with Crippen LogP contribution in [0.4, 0.5) is 13.2 Å². The normalized spacial score (nSPS) is 10.8. The third-order valence-electron chi connectivity index (χ3n) is 1.37. The summed E-state index contributed by atoms with van der Waals surface area (Å²) in [6.07, 6.45) is -2.67. The molecule has 0 atom stereocenters. The molecule has 1 nitrogen and oxygen atoms in total. The minimum Gasteiger partial charge on any atom is -0.244 e. The van der Waals surface area contributed by atoms with Gasteiger partial charge in [0.1, 0.15) is 9.52 Å². The number of halogens is 4. The first-order chi connectivity index (χ1) is 5.52. The molecule has 1 heterocycles. The molecule has 5 heteroatoms. The van der Waals surface area contributed by atoms with E-state index < -0.39 is 12.2 Å². The van der Waals surface area contributed by atoms with Crippen LogP contribution in [0.25, 0.3) is 0 Å². The number of nitrogens with zero attached hydrogens (tertiary/aromatic N) is 1. The van der Waals surface area contributed by atoms with Crippen LogP contribution in [0.2, 0.25) is 0 Å². The van der Waals surface area contributed by atoms with Gasteiger partial charge in [-0.05, 0) is 35.6 Å². The van der Waals surface area contributed by atoms with Crippen molar-refractivity contribution in [2.75, 3.05) is 0 Å². The highest BCUT2D eigenvalue weighted by molar-refractivity contribution is 14.1. The van der Waals surface area contributed by atoms with Gasteiger partial charge in [0.2, 0.25) is 0 Å². The van der Waals surface area contributed by atoms with Crippen molar-refractivity contribution in [1.82, 2.24) is 4.98 Å². The van der Waals surface area contributed by atoms with Crippen molar-refractivity contribution in [3.8, 4) is 0 Å². The second-order valence-corrected chi connectivity index (χ2v) is 3.26. The second-order valence-electron chi connectivity index (χ2n) is 2.24. The summed E-state index contributed by atoms with van der Waals surface area (Å²) in [6.45, 7) is 1.44. The maximum Gasteiger partial charge on any atom is 0.266 e. The Morgan fingerprint density at radius 2 is 2.08 bits per heavy atom. The highest BCUT2D eigenvalue weighted by atomic mass is 127. The Labute approximate surface area is 81.1 Å². The summed E-state index contributed by atoms with van der Waals surface area (Å²) in [5.41, 5.74) is -0.206. The summed E-state index contributed by atoms with van der Waals surface area (Å²) < 4.78 is 37.1. The quantitative estimate of drug-likeness (QED) is 0.571. The van der Waals surface area contributed by atoms with Gasteiger partial charge >= 0.3 is 0 Å². The first kappa shape index (κ1) is 9.76. The number of hydrogen-bond acceptors (Lipinski definition) is 1. The predicted octanol–water partition coefficient (Wildman–Crippen LogP) is 3.07. The molecule has 0 aromatic carbocycles. The lowest BCUT2D eigenvalue weighted by Gasteiger charge is -2.03. The number of rotatable bonds is 1. The van der Waals surface area contributed by atoms with E-state index in [-0.39, 0.29) is 15.0 Å². The van der Waals surface area contributed by atoms with Gasteiger partial charge < -0.3 is 0 Å². The van der Waals surface area contributed by atoms with Crippen molar-refractivity contribution < 1.29 is 13.2 Å². The molecule has 0 bridgehead atoms. The van der Waals surface area contributed by atoms with Gasteiger partial charge in [-0.3, -0.25) is 0 Å². The molecule has 0 saturated heterocycles. The van der Waals surface area contributed by atoms with Crippen molar-refractivity contribution in [2.45, 2.75) is 13.3 Å². The molecule has 0 aliphatic carbocycles. The van der Waals surface area contributed by atoms with Crippen LogP contribution in [0.1, 0.15) is 17.7 Å². The topological polar surface area (TPSA) is 12.9 Å². The molecule has 0 N–H and O–H groups in total. The molecule has 0 radical (unpaired) electrons. The van der Waals surface area contributed by atoms with Crippen molar-refractivity contribution in [2.24, 2.45) is 0 Å². The van der Waals surface area contributed by atoms with Gasteiger partial charge in [0.05, 0.1) is 11.3 Å².